The molecule has 1 aliphatic heterocycles. The van der Waals surface area contributed by atoms with Crippen LogP contribution in [-0.4, -0.2) is 34.3 Å². The van der Waals surface area contributed by atoms with E-state index in [4.69, 9.17) is 5.11 Å². The summed E-state index contributed by atoms with van der Waals surface area (Å²) >= 11 is 0. The predicted octanol–water partition coefficient (Wildman–Crippen LogP) is 2.42. The van der Waals surface area contributed by atoms with E-state index < -0.39 is 11.9 Å². The molecule has 20 heavy (non-hydrogen) atoms. The Morgan fingerprint density at radius 3 is 2.30 bits per heavy atom. The Morgan fingerprint density at radius 1 is 1.15 bits per heavy atom. The topological polar surface area (TPSA) is 74.7 Å². The van der Waals surface area contributed by atoms with Crippen LogP contribution >= 0.6 is 0 Å². The summed E-state index contributed by atoms with van der Waals surface area (Å²) in [5.41, 5.74) is 0.502. The Labute approximate surface area is 117 Å². The van der Waals surface area contributed by atoms with Crippen molar-refractivity contribution < 1.29 is 19.5 Å². The molecule has 0 bridgehead atoms. The summed E-state index contributed by atoms with van der Waals surface area (Å²) in [4.78, 5) is 36.5. The largest absolute Gasteiger partial charge is 0.478 e. The van der Waals surface area contributed by atoms with Crippen LogP contribution in [0.25, 0.3) is 0 Å². The number of nitrogens with zero attached hydrogens (tertiary/aromatic N) is 1. The molecule has 0 aromatic heterocycles. The van der Waals surface area contributed by atoms with Gasteiger partial charge in [0.15, 0.2) is 0 Å². The quantitative estimate of drug-likeness (QED) is 0.860. The van der Waals surface area contributed by atoms with Crippen molar-refractivity contribution in [3.63, 3.8) is 0 Å². The number of amides is 2. The highest BCUT2D eigenvalue weighted by Gasteiger charge is 2.36. The van der Waals surface area contributed by atoms with E-state index in [0.717, 1.165) is 0 Å². The molecule has 0 saturated heterocycles. The van der Waals surface area contributed by atoms with E-state index in [2.05, 4.69) is 0 Å². The van der Waals surface area contributed by atoms with Crippen LogP contribution < -0.4 is 0 Å². The van der Waals surface area contributed by atoms with Crippen molar-refractivity contribution in [1.82, 2.24) is 4.90 Å². The molecule has 1 N–H and O–H groups in total. The molecule has 1 aliphatic rings. The van der Waals surface area contributed by atoms with E-state index in [1.165, 1.54) is 23.1 Å². The number of rotatable bonds is 3. The number of carbonyl (C=O) groups excluding carboxylic acids is 2. The van der Waals surface area contributed by atoms with Crippen molar-refractivity contribution >= 4 is 17.8 Å². The smallest absolute Gasteiger partial charge is 0.335 e. The number of fused-ring (bicyclic) bond motifs is 1. The van der Waals surface area contributed by atoms with Gasteiger partial charge < -0.3 is 5.11 Å². The molecule has 106 valence electrons. The molecule has 0 aliphatic carbocycles. The number of aromatic carboxylic acids is 1. The van der Waals surface area contributed by atoms with Gasteiger partial charge in [-0.1, -0.05) is 20.8 Å². The van der Waals surface area contributed by atoms with Gasteiger partial charge in [0.1, 0.15) is 0 Å². The van der Waals surface area contributed by atoms with Crippen molar-refractivity contribution in [2.24, 2.45) is 5.41 Å². The highest BCUT2D eigenvalue weighted by molar-refractivity contribution is 6.21. The Morgan fingerprint density at radius 2 is 1.75 bits per heavy atom. The van der Waals surface area contributed by atoms with Crippen LogP contribution in [0, 0.1) is 5.41 Å². The summed E-state index contributed by atoms with van der Waals surface area (Å²) in [7, 11) is 0. The molecule has 0 atom stereocenters. The first kappa shape index (κ1) is 14.2. The molecule has 0 unspecified atom stereocenters. The zero-order valence-corrected chi connectivity index (χ0v) is 11.8. The molecule has 0 saturated carbocycles. The lowest BCUT2D eigenvalue weighted by Gasteiger charge is -2.21. The lowest BCUT2D eigenvalue weighted by Crippen LogP contribution is -2.32. The van der Waals surface area contributed by atoms with Crippen LogP contribution in [0.4, 0.5) is 0 Å². The summed E-state index contributed by atoms with van der Waals surface area (Å²) in [6.07, 6.45) is 0.699. The highest BCUT2D eigenvalue weighted by atomic mass is 16.4. The van der Waals surface area contributed by atoms with E-state index in [1.54, 1.807) is 0 Å². The maximum absolute atomic E-state index is 12.2. The van der Waals surface area contributed by atoms with Crippen LogP contribution in [0.15, 0.2) is 18.2 Å². The van der Waals surface area contributed by atoms with Gasteiger partial charge in [0.25, 0.3) is 11.8 Å². The van der Waals surface area contributed by atoms with Crippen molar-refractivity contribution in [3.8, 4) is 0 Å². The van der Waals surface area contributed by atoms with Crippen LogP contribution in [0.5, 0.6) is 0 Å². The Hall–Kier alpha value is -2.17. The number of benzene rings is 1. The van der Waals surface area contributed by atoms with Gasteiger partial charge >= 0.3 is 5.97 Å². The highest BCUT2D eigenvalue weighted by Crippen LogP contribution is 2.26. The normalized spacial score (nSPS) is 14.7. The van der Waals surface area contributed by atoms with Crippen molar-refractivity contribution in [2.45, 2.75) is 27.2 Å². The summed E-state index contributed by atoms with van der Waals surface area (Å²) < 4.78 is 0. The summed E-state index contributed by atoms with van der Waals surface area (Å²) in [5.74, 6) is -1.86. The molecule has 5 nitrogen and oxygen atoms in total. The molecular weight excluding hydrogens is 258 g/mol. The van der Waals surface area contributed by atoms with E-state index in [0.29, 0.717) is 13.0 Å². The first-order valence-corrected chi connectivity index (χ1v) is 6.44. The zero-order valence-electron chi connectivity index (χ0n) is 11.8. The molecule has 5 heteroatoms. The molecule has 1 aromatic rings. The first-order valence-electron chi connectivity index (χ1n) is 6.44. The number of carbonyl (C=O) groups is 3. The van der Waals surface area contributed by atoms with Crippen molar-refractivity contribution in [2.75, 3.05) is 6.54 Å². The van der Waals surface area contributed by atoms with E-state index in [1.807, 2.05) is 20.8 Å². The molecule has 2 amide bonds. The van der Waals surface area contributed by atoms with Crippen LogP contribution in [0.2, 0.25) is 0 Å². The SMILES string of the molecule is CC(C)(C)CCN1C(=O)c2ccc(C(=O)O)cc2C1=O. The van der Waals surface area contributed by atoms with Gasteiger partial charge in [0.2, 0.25) is 0 Å². The molecule has 2 rings (SSSR count). The molecule has 1 aromatic carbocycles. The van der Waals surface area contributed by atoms with Crippen molar-refractivity contribution in [1.29, 1.82) is 0 Å². The number of carboxylic acids is 1. The predicted molar refractivity (Wildman–Crippen MR) is 72.8 cm³/mol. The van der Waals surface area contributed by atoms with E-state index in [-0.39, 0.29) is 28.0 Å². The maximum atomic E-state index is 12.2. The van der Waals surface area contributed by atoms with Crippen LogP contribution in [-0.2, 0) is 0 Å². The third-order valence-electron chi connectivity index (χ3n) is 3.30. The van der Waals surface area contributed by atoms with Gasteiger partial charge in [0, 0.05) is 6.54 Å². The monoisotopic (exact) mass is 275 g/mol. The summed E-state index contributed by atoms with van der Waals surface area (Å²) in [6, 6.07) is 4.03. The number of hydrogen-bond acceptors (Lipinski definition) is 3. The Kier molecular flexibility index (Phi) is 3.38. The third kappa shape index (κ3) is 2.57. The second kappa shape index (κ2) is 4.74. The molecule has 0 fully saturated rings. The fraction of sp³-hybridized carbons (Fsp3) is 0.400. The summed E-state index contributed by atoms with van der Waals surface area (Å²) in [5, 5.41) is 8.93. The van der Waals surface area contributed by atoms with Crippen LogP contribution in [0.1, 0.15) is 58.3 Å². The maximum Gasteiger partial charge on any atom is 0.335 e. The Balaban J connectivity index is 2.28. The second-order valence-electron chi connectivity index (χ2n) is 6.14. The summed E-state index contributed by atoms with van der Waals surface area (Å²) in [6.45, 7) is 6.45. The second-order valence-corrected chi connectivity index (χ2v) is 6.14. The van der Waals surface area contributed by atoms with E-state index in [9.17, 15) is 14.4 Å². The van der Waals surface area contributed by atoms with Gasteiger partial charge in [0.05, 0.1) is 16.7 Å². The molecular formula is C15H17NO4. The number of hydrogen-bond donors (Lipinski definition) is 1. The molecule has 0 radical (unpaired) electrons. The van der Waals surface area contributed by atoms with Gasteiger partial charge in [-0.25, -0.2) is 4.79 Å². The fourth-order valence-electron chi connectivity index (χ4n) is 2.07. The zero-order chi connectivity index (χ0) is 15.1. The minimum absolute atomic E-state index is 0.0154. The molecule has 0 spiro atoms. The number of imide groups is 1. The fourth-order valence-corrected chi connectivity index (χ4v) is 2.07. The Bertz CT molecular complexity index is 598. The average Bonchev–Trinajstić information content (AvgIpc) is 2.58. The number of carboxylic acid groups (broad SMARTS) is 1. The van der Waals surface area contributed by atoms with E-state index >= 15 is 0 Å². The standard InChI is InChI=1S/C15H17NO4/c1-15(2,3)6-7-16-12(17)10-5-4-9(14(19)20)8-11(10)13(16)18/h4-5,8H,6-7H2,1-3H3,(H,19,20). The minimum atomic E-state index is -1.11. The van der Waals surface area contributed by atoms with Gasteiger partial charge in [-0.2, -0.15) is 0 Å². The third-order valence-corrected chi connectivity index (χ3v) is 3.30. The average molecular weight is 275 g/mol. The van der Waals surface area contributed by atoms with Crippen LogP contribution in [0.3, 0.4) is 0 Å². The lowest BCUT2D eigenvalue weighted by molar-refractivity contribution is 0.0637. The lowest BCUT2D eigenvalue weighted by atomic mass is 9.92. The first-order chi connectivity index (χ1) is 9.20. The van der Waals surface area contributed by atoms with Crippen molar-refractivity contribution in [3.05, 3.63) is 34.9 Å². The van der Waals surface area contributed by atoms with Gasteiger partial charge in [-0.05, 0) is 30.0 Å². The van der Waals surface area contributed by atoms with Gasteiger partial charge in [-0.15, -0.1) is 0 Å². The minimum Gasteiger partial charge on any atom is -0.478 e. The molecule has 1 heterocycles. The van der Waals surface area contributed by atoms with Gasteiger partial charge in [-0.3, -0.25) is 14.5 Å².